The molecule has 0 aromatic rings. The van der Waals surface area contributed by atoms with Crippen LogP contribution in [0, 0.1) is 0 Å². The summed E-state index contributed by atoms with van der Waals surface area (Å²) in [6.45, 7) is 0.885. The molecule has 0 aliphatic rings. The number of nitrogens with one attached hydrogen (secondary N) is 2. The van der Waals surface area contributed by atoms with Crippen molar-refractivity contribution in [3.05, 3.63) is 0 Å². The average Bonchev–Trinajstić information content (AvgIpc) is 2.24. The Morgan fingerprint density at radius 3 is 2.31 bits per heavy atom. The lowest BCUT2D eigenvalue weighted by atomic mass is 10.2. The zero-order valence-corrected chi connectivity index (χ0v) is 8.90. The molecule has 2 unspecified atom stereocenters. The zero-order valence-electron chi connectivity index (χ0n) is 8.90. The van der Waals surface area contributed by atoms with E-state index in [4.69, 9.17) is 16.6 Å². The highest BCUT2D eigenvalue weighted by molar-refractivity contribution is 5.90. The predicted molar refractivity (Wildman–Crippen MR) is 55.3 cm³/mol. The van der Waals surface area contributed by atoms with Crippen LogP contribution in [0.1, 0.15) is 6.92 Å². The van der Waals surface area contributed by atoms with Crippen molar-refractivity contribution in [2.24, 2.45) is 11.5 Å². The summed E-state index contributed by atoms with van der Waals surface area (Å²) in [6, 6.07) is -1.74. The summed E-state index contributed by atoms with van der Waals surface area (Å²) >= 11 is 0. The Kier molecular flexibility index (Phi) is 6.04. The minimum atomic E-state index is -1.16. The number of hydrogen-bond acceptors (Lipinski definition) is 5. The van der Waals surface area contributed by atoms with Gasteiger partial charge in [0.25, 0.3) is 0 Å². The third kappa shape index (κ3) is 5.27. The minimum Gasteiger partial charge on any atom is -0.480 e. The van der Waals surface area contributed by atoms with Crippen molar-refractivity contribution in [1.82, 2.24) is 10.6 Å². The molecule has 0 radical (unpaired) electrons. The topological polar surface area (TPSA) is 148 Å². The van der Waals surface area contributed by atoms with E-state index in [2.05, 4.69) is 10.6 Å². The summed E-state index contributed by atoms with van der Waals surface area (Å²) in [5, 5.41) is 12.7. The molecule has 92 valence electrons. The van der Waals surface area contributed by atoms with E-state index in [1.165, 1.54) is 6.92 Å². The molecule has 8 nitrogen and oxygen atoms in total. The number of carboxylic acids is 1. The quantitative estimate of drug-likeness (QED) is 0.329. The van der Waals surface area contributed by atoms with Gasteiger partial charge in [-0.1, -0.05) is 0 Å². The first-order valence-corrected chi connectivity index (χ1v) is 4.64. The van der Waals surface area contributed by atoms with E-state index in [1.54, 1.807) is 0 Å². The Labute approximate surface area is 92.4 Å². The van der Waals surface area contributed by atoms with Gasteiger partial charge in [-0.15, -0.1) is 0 Å². The average molecular weight is 232 g/mol. The van der Waals surface area contributed by atoms with Crippen molar-refractivity contribution < 1.29 is 19.5 Å². The van der Waals surface area contributed by atoms with Crippen molar-refractivity contribution in [1.29, 1.82) is 0 Å². The number of aliphatic carboxylic acids is 1. The van der Waals surface area contributed by atoms with Gasteiger partial charge >= 0.3 is 5.97 Å². The lowest BCUT2D eigenvalue weighted by Gasteiger charge is -2.15. The van der Waals surface area contributed by atoms with Crippen molar-refractivity contribution in [2.75, 3.05) is 13.1 Å². The largest absolute Gasteiger partial charge is 0.480 e. The summed E-state index contributed by atoms with van der Waals surface area (Å²) in [6.07, 6.45) is 0. The van der Waals surface area contributed by atoms with Crippen LogP contribution >= 0.6 is 0 Å². The van der Waals surface area contributed by atoms with Crippen LogP contribution in [0.2, 0.25) is 0 Å². The van der Waals surface area contributed by atoms with Gasteiger partial charge < -0.3 is 27.2 Å². The van der Waals surface area contributed by atoms with Crippen LogP contribution in [0.5, 0.6) is 0 Å². The summed E-state index contributed by atoms with van der Waals surface area (Å²) in [5.74, 6) is -2.31. The van der Waals surface area contributed by atoms with Crippen molar-refractivity contribution >= 4 is 17.8 Å². The highest BCUT2D eigenvalue weighted by atomic mass is 16.4. The fourth-order valence-electron chi connectivity index (χ4n) is 0.809. The first kappa shape index (κ1) is 14.3. The molecule has 16 heavy (non-hydrogen) atoms. The Morgan fingerprint density at radius 2 is 1.88 bits per heavy atom. The predicted octanol–water partition coefficient (Wildman–Crippen LogP) is -3.02. The van der Waals surface area contributed by atoms with Gasteiger partial charge in [-0.2, -0.15) is 0 Å². The molecule has 0 bridgehead atoms. The SMILES string of the molecule is CC(NC(=O)C(N)CN)C(=O)NCC(=O)O. The molecule has 0 heterocycles. The molecule has 0 saturated carbocycles. The number of carboxylic acid groups (broad SMARTS) is 1. The number of hydrogen-bond donors (Lipinski definition) is 5. The highest BCUT2D eigenvalue weighted by Crippen LogP contribution is 1.84. The van der Waals surface area contributed by atoms with Crippen LogP contribution in [0.4, 0.5) is 0 Å². The van der Waals surface area contributed by atoms with Crippen LogP contribution in [-0.4, -0.2) is 48.1 Å². The molecule has 0 spiro atoms. The smallest absolute Gasteiger partial charge is 0.322 e. The monoisotopic (exact) mass is 232 g/mol. The molecule has 0 fully saturated rings. The number of carbonyl (C=O) groups excluding carboxylic acids is 2. The van der Waals surface area contributed by atoms with Crippen LogP contribution in [-0.2, 0) is 14.4 Å². The fraction of sp³-hybridized carbons (Fsp3) is 0.625. The Balaban J connectivity index is 4.05. The highest BCUT2D eigenvalue weighted by Gasteiger charge is 2.19. The van der Waals surface area contributed by atoms with Gasteiger partial charge in [0.1, 0.15) is 12.6 Å². The number of carbonyl (C=O) groups is 3. The maximum atomic E-state index is 11.2. The van der Waals surface area contributed by atoms with Gasteiger partial charge in [-0.05, 0) is 6.92 Å². The van der Waals surface area contributed by atoms with Crippen LogP contribution in [0.25, 0.3) is 0 Å². The summed E-state index contributed by atoms with van der Waals surface area (Å²) < 4.78 is 0. The lowest BCUT2D eigenvalue weighted by Crippen LogP contribution is -2.52. The number of nitrogens with two attached hydrogens (primary N) is 2. The molecule has 7 N–H and O–H groups in total. The second-order valence-corrected chi connectivity index (χ2v) is 3.18. The van der Waals surface area contributed by atoms with Crippen LogP contribution in [0.15, 0.2) is 0 Å². The standard InChI is InChI=1S/C8H16N4O4/c1-4(7(15)11-3-6(13)14)12-8(16)5(10)2-9/h4-5H,2-3,9-10H2,1H3,(H,11,15)(H,12,16)(H,13,14). The first-order valence-electron chi connectivity index (χ1n) is 4.64. The minimum absolute atomic E-state index is 0.0324. The van der Waals surface area contributed by atoms with E-state index in [9.17, 15) is 14.4 Å². The summed E-state index contributed by atoms with van der Waals surface area (Å²) in [5.41, 5.74) is 10.5. The maximum Gasteiger partial charge on any atom is 0.322 e. The van der Waals surface area contributed by atoms with Gasteiger partial charge in [0, 0.05) is 6.54 Å². The molecule has 0 aliphatic heterocycles. The Hall–Kier alpha value is -1.67. The van der Waals surface area contributed by atoms with Crippen molar-refractivity contribution in [3.8, 4) is 0 Å². The second kappa shape index (κ2) is 6.75. The third-order valence-electron chi connectivity index (χ3n) is 1.76. The van der Waals surface area contributed by atoms with Gasteiger partial charge in [0.15, 0.2) is 0 Å². The molecule has 0 rings (SSSR count). The Bertz CT molecular complexity index is 281. The molecule has 0 aromatic heterocycles. The summed E-state index contributed by atoms with van der Waals surface area (Å²) in [7, 11) is 0. The van der Waals surface area contributed by atoms with E-state index >= 15 is 0 Å². The second-order valence-electron chi connectivity index (χ2n) is 3.18. The van der Waals surface area contributed by atoms with Crippen molar-refractivity contribution in [3.63, 3.8) is 0 Å². The van der Waals surface area contributed by atoms with Gasteiger partial charge in [-0.3, -0.25) is 14.4 Å². The lowest BCUT2D eigenvalue weighted by molar-refractivity contribution is -0.138. The van der Waals surface area contributed by atoms with E-state index < -0.39 is 36.4 Å². The zero-order chi connectivity index (χ0) is 12.7. The molecular weight excluding hydrogens is 216 g/mol. The van der Waals surface area contributed by atoms with Crippen LogP contribution < -0.4 is 22.1 Å². The molecule has 0 aliphatic carbocycles. The molecule has 2 amide bonds. The van der Waals surface area contributed by atoms with Crippen LogP contribution in [0.3, 0.4) is 0 Å². The molecule has 0 saturated heterocycles. The van der Waals surface area contributed by atoms with Crippen molar-refractivity contribution in [2.45, 2.75) is 19.0 Å². The molecule has 8 heteroatoms. The first-order chi connectivity index (χ1) is 7.38. The maximum absolute atomic E-state index is 11.2. The third-order valence-corrected chi connectivity index (χ3v) is 1.76. The van der Waals surface area contributed by atoms with Gasteiger partial charge in [0.05, 0.1) is 6.04 Å². The molecule has 0 aromatic carbocycles. The number of rotatable bonds is 6. The van der Waals surface area contributed by atoms with Gasteiger partial charge in [0.2, 0.25) is 11.8 Å². The number of amides is 2. The normalized spacial score (nSPS) is 13.7. The van der Waals surface area contributed by atoms with Gasteiger partial charge in [-0.25, -0.2) is 0 Å². The molecule has 2 atom stereocenters. The van der Waals surface area contributed by atoms with E-state index in [0.717, 1.165) is 0 Å². The fourth-order valence-corrected chi connectivity index (χ4v) is 0.809. The Morgan fingerprint density at radius 1 is 1.31 bits per heavy atom. The van der Waals surface area contributed by atoms with E-state index in [-0.39, 0.29) is 6.54 Å². The van der Waals surface area contributed by atoms with E-state index in [1.807, 2.05) is 0 Å². The summed E-state index contributed by atoms with van der Waals surface area (Å²) in [4.78, 5) is 32.6. The van der Waals surface area contributed by atoms with E-state index in [0.29, 0.717) is 0 Å². The molecular formula is C8H16N4O4.